The molecule has 0 aliphatic carbocycles. The van der Waals surface area contributed by atoms with Gasteiger partial charge in [0.05, 0.1) is 37.4 Å². The summed E-state index contributed by atoms with van der Waals surface area (Å²) < 4.78 is 23.4. The lowest BCUT2D eigenvalue weighted by Gasteiger charge is -2.34. The number of esters is 1. The maximum Gasteiger partial charge on any atom is 0.330 e. The number of carbonyl (C=O) groups is 3. The number of hydrogen-bond donors (Lipinski definition) is 1. The molecule has 0 bridgehead atoms. The summed E-state index contributed by atoms with van der Waals surface area (Å²) in [6.07, 6.45) is 6.45. The van der Waals surface area contributed by atoms with E-state index in [0.717, 1.165) is 18.4 Å². The number of ether oxygens (including phenoxy) is 4. The summed E-state index contributed by atoms with van der Waals surface area (Å²) in [5.74, 6) is 0.952. The van der Waals surface area contributed by atoms with Crippen molar-refractivity contribution in [2.24, 2.45) is 0 Å². The molecule has 1 atom stereocenters. The minimum absolute atomic E-state index is 0.0139. The fourth-order valence-electron chi connectivity index (χ4n) is 4.73. The van der Waals surface area contributed by atoms with Crippen LogP contribution in [0, 0.1) is 0 Å². The van der Waals surface area contributed by atoms with Crippen LogP contribution >= 0.6 is 0 Å². The van der Waals surface area contributed by atoms with E-state index < -0.39 is 11.6 Å². The predicted octanol–water partition coefficient (Wildman–Crippen LogP) is 6.19. The molecular formula is C32H40O8. The first-order valence-electron chi connectivity index (χ1n) is 14.0. The molecule has 2 aromatic carbocycles. The van der Waals surface area contributed by atoms with Gasteiger partial charge in [-0.25, -0.2) is 4.79 Å². The van der Waals surface area contributed by atoms with Gasteiger partial charge in [0.2, 0.25) is 0 Å². The predicted molar refractivity (Wildman–Crippen MR) is 152 cm³/mol. The van der Waals surface area contributed by atoms with E-state index in [1.165, 1.54) is 13.0 Å². The molecule has 0 amide bonds. The van der Waals surface area contributed by atoms with E-state index in [1.54, 1.807) is 44.2 Å². The number of phenols is 1. The van der Waals surface area contributed by atoms with Gasteiger partial charge in [0.15, 0.2) is 11.6 Å². The topological polar surface area (TPSA) is 108 Å². The molecule has 0 fully saturated rings. The molecule has 2 aromatic rings. The van der Waals surface area contributed by atoms with Crippen molar-refractivity contribution in [2.75, 3.05) is 19.8 Å². The molecule has 1 N–H and O–H groups in total. The third kappa shape index (κ3) is 7.43. The Labute approximate surface area is 236 Å². The third-order valence-electron chi connectivity index (χ3n) is 6.65. The van der Waals surface area contributed by atoms with Gasteiger partial charge in [-0.15, -0.1) is 0 Å². The van der Waals surface area contributed by atoms with E-state index in [9.17, 15) is 19.5 Å². The van der Waals surface area contributed by atoms with E-state index in [0.29, 0.717) is 66.4 Å². The Hall–Kier alpha value is -3.81. The summed E-state index contributed by atoms with van der Waals surface area (Å²) in [5.41, 5.74) is 1.28. The monoisotopic (exact) mass is 552 g/mol. The van der Waals surface area contributed by atoms with Gasteiger partial charge in [0.25, 0.3) is 0 Å². The van der Waals surface area contributed by atoms with Gasteiger partial charge in [-0.05, 0) is 64.0 Å². The lowest BCUT2D eigenvalue weighted by Crippen LogP contribution is -2.38. The zero-order valence-corrected chi connectivity index (χ0v) is 24.1. The van der Waals surface area contributed by atoms with Gasteiger partial charge >= 0.3 is 5.97 Å². The highest BCUT2D eigenvalue weighted by molar-refractivity contribution is 6.01. The van der Waals surface area contributed by atoms with Gasteiger partial charge in [-0.3, -0.25) is 9.59 Å². The van der Waals surface area contributed by atoms with Gasteiger partial charge in [0.1, 0.15) is 28.6 Å². The number of phenolic OH excluding ortho intramolecular Hbond substituents is 1. The summed E-state index contributed by atoms with van der Waals surface area (Å²) in [6, 6.07) is 6.85. The van der Waals surface area contributed by atoms with Crippen molar-refractivity contribution in [3.63, 3.8) is 0 Å². The van der Waals surface area contributed by atoms with Crippen LogP contribution < -0.4 is 14.2 Å². The number of Topliss-reactive ketones (excluding diaryl/α,β-unsaturated/α-hetero) is 2. The molecule has 3 rings (SSSR count). The van der Waals surface area contributed by atoms with Crippen molar-refractivity contribution in [3.05, 3.63) is 58.7 Å². The van der Waals surface area contributed by atoms with Gasteiger partial charge in [-0.1, -0.05) is 26.7 Å². The van der Waals surface area contributed by atoms with Gasteiger partial charge < -0.3 is 24.1 Å². The van der Waals surface area contributed by atoms with Crippen molar-refractivity contribution in [3.8, 4) is 23.0 Å². The standard InChI is InChI=1S/C32H40O8/c1-6-10-24-27(14-12-22(21(4)33)30(24)36)38-18-9-19-39-28-15-13-23-26(34)20-32(5,17-16-29(35)37-8-3)40-31(23)25(28)11-7-2/h12-17,36H,6-11,18-20H2,1-5H3/b17-16+/t32-/m1/s1. The number of fused-ring (bicyclic) bond motifs is 1. The second-order valence-corrected chi connectivity index (χ2v) is 10.1. The Balaban J connectivity index is 1.71. The molecule has 8 heteroatoms. The number of hydrogen-bond acceptors (Lipinski definition) is 8. The van der Waals surface area contributed by atoms with Crippen LogP contribution in [0.2, 0.25) is 0 Å². The highest BCUT2D eigenvalue weighted by Gasteiger charge is 2.37. The number of carbonyl (C=O) groups excluding carboxylic acids is 3. The first kappa shape index (κ1) is 30.7. The number of aromatic hydroxyl groups is 1. The molecule has 1 aliphatic heterocycles. The summed E-state index contributed by atoms with van der Waals surface area (Å²) in [4.78, 5) is 36.7. The average Bonchev–Trinajstić information content (AvgIpc) is 2.90. The fourth-order valence-corrected chi connectivity index (χ4v) is 4.73. The summed E-state index contributed by atoms with van der Waals surface area (Å²) in [6.45, 7) is 9.97. The van der Waals surface area contributed by atoms with Crippen LogP contribution in [-0.2, 0) is 22.4 Å². The molecule has 0 saturated heterocycles. The maximum atomic E-state index is 13.0. The summed E-state index contributed by atoms with van der Waals surface area (Å²) >= 11 is 0. The Kier molecular flexibility index (Phi) is 10.8. The molecule has 0 saturated carbocycles. The number of benzene rings is 2. The first-order valence-corrected chi connectivity index (χ1v) is 14.0. The third-order valence-corrected chi connectivity index (χ3v) is 6.65. The van der Waals surface area contributed by atoms with E-state index in [2.05, 4.69) is 0 Å². The Bertz CT molecular complexity index is 1260. The molecule has 0 spiro atoms. The minimum atomic E-state index is -0.981. The van der Waals surface area contributed by atoms with Crippen LogP contribution in [0.5, 0.6) is 23.0 Å². The zero-order chi connectivity index (χ0) is 29.3. The highest BCUT2D eigenvalue weighted by atomic mass is 16.5. The average molecular weight is 553 g/mol. The molecule has 216 valence electrons. The SMILES string of the molecule is CCCc1c(OCCCOc2ccc3c(c2CCC)O[C@](C)(/C=C/C(=O)OCC)CC3=O)ccc(C(C)=O)c1O. The van der Waals surface area contributed by atoms with Crippen molar-refractivity contribution in [1.29, 1.82) is 0 Å². The van der Waals surface area contributed by atoms with E-state index in [1.807, 2.05) is 13.8 Å². The molecule has 0 radical (unpaired) electrons. The van der Waals surface area contributed by atoms with Crippen LogP contribution in [-0.4, -0.2) is 48.1 Å². The normalized spacial score (nSPS) is 16.4. The molecular weight excluding hydrogens is 512 g/mol. The summed E-state index contributed by atoms with van der Waals surface area (Å²) in [5, 5.41) is 10.6. The van der Waals surface area contributed by atoms with Gasteiger partial charge in [0, 0.05) is 23.6 Å². The zero-order valence-electron chi connectivity index (χ0n) is 24.1. The van der Waals surface area contributed by atoms with Crippen LogP contribution in [0.4, 0.5) is 0 Å². The molecule has 1 aliphatic rings. The minimum Gasteiger partial charge on any atom is -0.507 e. The van der Waals surface area contributed by atoms with E-state index in [4.69, 9.17) is 18.9 Å². The van der Waals surface area contributed by atoms with Crippen LogP contribution in [0.25, 0.3) is 0 Å². The smallest absolute Gasteiger partial charge is 0.330 e. The second kappa shape index (κ2) is 14.0. The van der Waals surface area contributed by atoms with Crippen LogP contribution in [0.1, 0.15) is 92.1 Å². The lowest BCUT2D eigenvalue weighted by molar-refractivity contribution is -0.137. The van der Waals surface area contributed by atoms with E-state index >= 15 is 0 Å². The lowest BCUT2D eigenvalue weighted by atomic mass is 9.89. The molecule has 40 heavy (non-hydrogen) atoms. The molecule has 0 unspecified atom stereocenters. The van der Waals surface area contributed by atoms with Crippen LogP contribution in [0.3, 0.4) is 0 Å². The fraction of sp³-hybridized carbons (Fsp3) is 0.469. The second-order valence-electron chi connectivity index (χ2n) is 10.1. The quantitative estimate of drug-likeness (QED) is 0.128. The molecule has 8 nitrogen and oxygen atoms in total. The van der Waals surface area contributed by atoms with Crippen molar-refractivity contribution >= 4 is 17.5 Å². The van der Waals surface area contributed by atoms with Crippen molar-refractivity contribution in [1.82, 2.24) is 0 Å². The van der Waals surface area contributed by atoms with Crippen molar-refractivity contribution in [2.45, 2.75) is 78.7 Å². The van der Waals surface area contributed by atoms with E-state index in [-0.39, 0.29) is 30.3 Å². The Morgan fingerprint density at radius 3 is 2.25 bits per heavy atom. The maximum absolute atomic E-state index is 13.0. The molecule has 0 aromatic heterocycles. The largest absolute Gasteiger partial charge is 0.507 e. The number of rotatable bonds is 14. The highest BCUT2D eigenvalue weighted by Crippen LogP contribution is 2.41. The Morgan fingerprint density at radius 2 is 1.62 bits per heavy atom. The first-order chi connectivity index (χ1) is 19.1. The molecule has 1 heterocycles. The van der Waals surface area contributed by atoms with Crippen molar-refractivity contribution < 1.29 is 38.4 Å². The summed E-state index contributed by atoms with van der Waals surface area (Å²) in [7, 11) is 0. The Morgan fingerprint density at radius 1 is 1.00 bits per heavy atom. The van der Waals surface area contributed by atoms with Crippen LogP contribution in [0.15, 0.2) is 36.4 Å². The number of ketones is 2. The van der Waals surface area contributed by atoms with Gasteiger partial charge in [-0.2, -0.15) is 0 Å².